The first-order valence-corrected chi connectivity index (χ1v) is 7.17. The van der Waals surface area contributed by atoms with Crippen LogP contribution in [-0.2, 0) is 11.3 Å². The summed E-state index contributed by atoms with van der Waals surface area (Å²) in [5.74, 6) is -1.14. The standard InChI is InChI=1S/C13H10ClN3O3S/c1-20-6-8-10(12(18)19)11(14)17(16-8)13-15-7-4-2-3-5-9(7)21-13/h2-5H,6H2,1H3,(H,18,19). The quantitative estimate of drug-likeness (QED) is 0.798. The van der Waals surface area contributed by atoms with Gasteiger partial charge in [-0.25, -0.2) is 9.78 Å². The number of halogens is 1. The van der Waals surface area contributed by atoms with Crippen molar-refractivity contribution < 1.29 is 14.6 Å². The van der Waals surface area contributed by atoms with Crippen LogP contribution >= 0.6 is 22.9 Å². The van der Waals surface area contributed by atoms with Crippen LogP contribution in [-0.4, -0.2) is 33.0 Å². The predicted molar refractivity (Wildman–Crippen MR) is 79.4 cm³/mol. The second-order valence-electron chi connectivity index (χ2n) is 4.23. The molecule has 108 valence electrons. The van der Waals surface area contributed by atoms with Gasteiger partial charge in [-0.3, -0.25) is 0 Å². The van der Waals surface area contributed by atoms with Crippen molar-refractivity contribution in [2.75, 3.05) is 7.11 Å². The molecule has 0 radical (unpaired) electrons. The molecule has 0 unspecified atom stereocenters. The van der Waals surface area contributed by atoms with Crippen molar-refractivity contribution >= 4 is 39.1 Å². The monoisotopic (exact) mass is 323 g/mol. The maximum Gasteiger partial charge on any atom is 0.340 e. The minimum atomic E-state index is -1.14. The largest absolute Gasteiger partial charge is 0.478 e. The molecule has 1 aromatic carbocycles. The zero-order valence-electron chi connectivity index (χ0n) is 10.9. The van der Waals surface area contributed by atoms with Gasteiger partial charge in [0.25, 0.3) is 0 Å². The van der Waals surface area contributed by atoms with E-state index in [1.165, 1.54) is 23.1 Å². The van der Waals surface area contributed by atoms with Crippen molar-refractivity contribution in [3.05, 3.63) is 40.7 Å². The summed E-state index contributed by atoms with van der Waals surface area (Å²) in [6.45, 7) is 0.0687. The molecule has 3 rings (SSSR count). The van der Waals surface area contributed by atoms with Gasteiger partial charge >= 0.3 is 5.97 Å². The highest BCUT2D eigenvalue weighted by Gasteiger charge is 2.24. The average Bonchev–Trinajstić information content (AvgIpc) is 3.00. The van der Waals surface area contributed by atoms with Gasteiger partial charge in [0.2, 0.25) is 5.13 Å². The van der Waals surface area contributed by atoms with E-state index in [2.05, 4.69) is 10.1 Å². The molecule has 0 atom stereocenters. The van der Waals surface area contributed by atoms with Gasteiger partial charge in [-0.05, 0) is 12.1 Å². The average molecular weight is 324 g/mol. The summed E-state index contributed by atoms with van der Waals surface area (Å²) in [6.07, 6.45) is 0. The summed E-state index contributed by atoms with van der Waals surface area (Å²) < 4.78 is 7.28. The van der Waals surface area contributed by atoms with Crippen molar-refractivity contribution in [1.82, 2.24) is 14.8 Å². The summed E-state index contributed by atoms with van der Waals surface area (Å²) >= 11 is 7.54. The van der Waals surface area contributed by atoms with Crippen LogP contribution in [0.4, 0.5) is 0 Å². The molecule has 0 aliphatic rings. The highest BCUT2D eigenvalue weighted by molar-refractivity contribution is 7.20. The van der Waals surface area contributed by atoms with Crippen LogP contribution in [0.5, 0.6) is 0 Å². The van der Waals surface area contributed by atoms with Crippen molar-refractivity contribution in [2.24, 2.45) is 0 Å². The highest BCUT2D eigenvalue weighted by Crippen LogP contribution is 2.29. The third-order valence-electron chi connectivity index (χ3n) is 2.86. The Morgan fingerprint density at radius 1 is 1.48 bits per heavy atom. The summed E-state index contributed by atoms with van der Waals surface area (Å²) in [4.78, 5) is 15.7. The summed E-state index contributed by atoms with van der Waals surface area (Å²) in [7, 11) is 1.47. The Morgan fingerprint density at radius 2 is 2.24 bits per heavy atom. The summed E-state index contributed by atoms with van der Waals surface area (Å²) in [6, 6.07) is 7.60. The Balaban J connectivity index is 2.17. The van der Waals surface area contributed by atoms with Crippen LogP contribution in [0.1, 0.15) is 16.1 Å². The van der Waals surface area contributed by atoms with Crippen LogP contribution in [0.15, 0.2) is 24.3 Å². The number of nitrogens with zero attached hydrogens (tertiary/aromatic N) is 3. The van der Waals surface area contributed by atoms with E-state index in [1.54, 1.807) is 0 Å². The first-order chi connectivity index (χ1) is 10.1. The number of carboxylic acids is 1. The molecule has 0 amide bonds. The third kappa shape index (κ3) is 2.39. The van der Waals surface area contributed by atoms with E-state index in [-0.39, 0.29) is 23.0 Å². The molecule has 21 heavy (non-hydrogen) atoms. The minimum absolute atomic E-state index is 0.0219. The number of carbonyl (C=O) groups is 1. The SMILES string of the molecule is COCc1nn(-c2nc3ccccc3s2)c(Cl)c1C(=O)O. The Labute approximate surface area is 128 Å². The summed E-state index contributed by atoms with van der Waals surface area (Å²) in [5.41, 5.74) is 1.03. The van der Waals surface area contributed by atoms with Crippen LogP contribution in [0.2, 0.25) is 5.15 Å². The van der Waals surface area contributed by atoms with Gasteiger partial charge in [-0.15, -0.1) is 0 Å². The molecular weight excluding hydrogens is 314 g/mol. The van der Waals surface area contributed by atoms with Gasteiger partial charge in [0.1, 0.15) is 16.4 Å². The van der Waals surface area contributed by atoms with Gasteiger partial charge in [0.15, 0.2) is 0 Å². The fourth-order valence-corrected chi connectivity index (χ4v) is 3.25. The lowest BCUT2D eigenvalue weighted by Gasteiger charge is -1.96. The normalized spacial score (nSPS) is 11.1. The zero-order chi connectivity index (χ0) is 15.0. The Morgan fingerprint density at radius 3 is 2.90 bits per heavy atom. The van der Waals surface area contributed by atoms with E-state index in [0.717, 1.165) is 10.2 Å². The molecule has 2 aromatic heterocycles. The first kappa shape index (κ1) is 14.0. The lowest BCUT2D eigenvalue weighted by atomic mass is 10.2. The molecule has 8 heteroatoms. The van der Waals surface area contributed by atoms with Gasteiger partial charge in [0.05, 0.1) is 16.8 Å². The molecule has 2 heterocycles. The number of aromatic nitrogens is 3. The van der Waals surface area contributed by atoms with E-state index >= 15 is 0 Å². The summed E-state index contributed by atoms with van der Waals surface area (Å²) in [5, 5.41) is 14.0. The Hall–Kier alpha value is -1.96. The lowest BCUT2D eigenvalue weighted by molar-refractivity contribution is 0.0692. The fraction of sp³-hybridized carbons (Fsp3) is 0.154. The number of benzene rings is 1. The number of para-hydroxylation sites is 1. The second kappa shape index (κ2) is 5.44. The van der Waals surface area contributed by atoms with Gasteiger partial charge < -0.3 is 9.84 Å². The molecule has 0 saturated heterocycles. The first-order valence-electron chi connectivity index (χ1n) is 5.97. The van der Waals surface area contributed by atoms with Crippen LogP contribution in [0, 0.1) is 0 Å². The van der Waals surface area contributed by atoms with Crippen LogP contribution in [0.25, 0.3) is 15.3 Å². The maximum atomic E-state index is 11.3. The topological polar surface area (TPSA) is 77.2 Å². The number of hydrogen-bond acceptors (Lipinski definition) is 5. The molecular formula is C13H10ClN3O3S. The van der Waals surface area contributed by atoms with Crippen molar-refractivity contribution in [3.63, 3.8) is 0 Å². The van der Waals surface area contributed by atoms with Crippen molar-refractivity contribution in [1.29, 1.82) is 0 Å². The van der Waals surface area contributed by atoms with E-state index in [9.17, 15) is 9.90 Å². The second-order valence-corrected chi connectivity index (χ2v) is 5.59. The maximum absolute atomic E-state index is 11.3. The number of aromatic carboxylic acids is 1. The molecule has 6 nitrogen and oxygen atoms in total. The number of rotatable bonds is 4. The van der Waals surface area contributed by atoms with Crippen molar-refractivity contribution in [2.45, 2.75) is 6.61 Å². The molecule has 1 N–H and O–H groups in total. The molecule has 0 aliphatic carbocycles. The third-order valence-corrected chi connectivity index (χ3v) is 4.22. The van der Waals surface area contributed by atoms with Gasteiger partial charge in [-0.1, -0.05) is 35.1 Å². The van der Waals surface area contributed by atoms with Crippen molar-refractivity contribution in [3.8, 4) is 5.13 Å². The van der Waals surface area contributed by atoms with Crippen LogP contribution < -0.4 is 0 Å². The van der Waals surface area contributed by atoms with E-state index < -0.39 is 5.97 Å². The number of ether oxygens (including phenoxy) is 1. The molecule has 0 saturated carbocycles. The molecule has 3 aromatic rings. The number of thiazole rings is 1. The van der Waals surface area contributed by atoms with Gasteiger partial charge in [-0.2, -0.15) is 9.78 Å². The smallest absolute Gasteiger partial charge is 0.340 e. The Kier molecular flexibility index (Phi) is 3.62. The van der Waals surface area contributed by atoms with E-state index in [4.69, 9.17) is 16.3 Å². The van der Waals surface area contributed by atoms with E-state index in [1.807, 2.05) is 24.3 Å². The number of hydrogen-bond donors (Lipinski definition) is 1. The molecule has 0 aliphatic heterocycles. The molecule has 0 spiro atoms. The van der Waals surface area contributed by atoms with Crippen LogP contribution in [0.3, 0.4) is 0 Å². The molecule has 0 fully saturated rings. The van der Waals surface area contributed by atoms with Gasteiger partial charge in [0, 0.05) is 7.11 Å². The number of carboxylic acid groups (broad SMARTS) is 1. The fourth-order valence-electron chi connectivity index (χ4n) is 1.97. The predicted octanol–water partition coefficient (Wildman–Crippen LogP) is 2.98. The number of methoxy groups -OCH3 is 1. The Bertz CT molecular complexity index is 794. The number of fused-ring (bicyclic) bond motifs is 1. The zero-order valence-corrected chi connectivity index (χ0v) is 12.5. The highest BCUT2D eigenvalue weighted by atomic mass is 35.5. The minimum Gasteiger partial charge on any atom is -0.478 e. The lowest BCUT2D eigenvalue weighted by Crippen LogP contribution is -2.01. The molecule has 0 bridgehead atoms. The van der Waals surface area contributed by atoms with E-state index in [0.29, 0.717) is 5.13 Å².